The third kappa shape index (κ3) is 19.0. The number of carbonyl (C=O) groups excluding carboxylic acids is 3. The Kier molecular flexibility index (Phi) is 25.4. The van der Waals surface area contributed by atoms with E-state index < -0.39 is 0 Å². The van der Waals surface area contributed by atoms with Crippen molar-refractivity contribution in [2.24, 2.45) is 5.92 Å². The number of rotatable bonds is 21. The number of allylic oxidation sites excluding steroid dienone is 1. The number of nitrogens with zero attached hydrogens (tertiary/aromatic N) is 2. The Morgan fingerprint density at radius 2 is 1.40 bits per heavy atom. The average Bonchev–Trinajstić information content (AvgIpc) is 3.04. The molecule has 45 heavy (non-hydrogen) atoms. The van der Waals surface area contributed by atoms with Gasteiger partial charge in [0.2, 0.25) is 0 Å². The minimum absolute atomic E-state index is 0.0470. The molecule has 1 heterocycles. The Morgan fingerprint density at radius 1 is 0.822 bits per heavy atom. The highest BCUT2D eigenvalue weighted by Crippen LogP contribution is 2.29. The number of likely N-dealkylation sites (N-methyl/N-ethyl adjacent to an activating group) is 1. The van der Waals surface area contributed by atoms with Gasteiger partial charge in [0.25, 0.3) is 0 Å². The van der Waals surface area contributed by atoms with Crippen molar-refractivity contribution in [1.82, 2.24) is 9.80 Å². The zero-order valence-electron chi connectivity index (χ0n) is 29.9. The van der Waals surface area contributed by atoms with Gasteiger partial charge < -0.3 is 19.1 Å². The molecule has 0 radical (unpaired) electrons. The largest absolute Gasteiger partial charge is 0.491 e. The van der Waals surface area contributed by atoms with Crippen molar-refractivity contribution in [2.45, 2.75) is 93.9 Å². The van der Waals surface area contributed by atoms with Crippen LogP contribution < -0.4 is 4.74 Å². The van der Waals surface area contributed by atoms with Gasteiger partial charge in [-0.05, 0) is 51.3 Å². The summed E-state index contributed by atoms with van der Waals surface area (Å²) < 4.78 is 17.2. The maximum atomic E-state index is 12.4. The molecule has 1 aliphatic heterocycles. The second-order valence-electron chi connectivity index (χ2n) is 11.3. The smallest absolute Gasteiger partial charge is 0.163 e. The molecular formula is C37H64N2O6. The Morgan fingerprint density at radius 3 is 1.96 bits per heavy atom. The van der Waals surface area contributed by atoms with Crippen LogP contribution in [0.25, 0.3) is 5.57 Å². The van der Waals surface area contributed by atoms with E-state index in [1.165, 1.54) is 0 Å². The Labute approximate surface area is 274 Å². The molecular weight excluding hydrogens is 568 g/mol. The van der Waals surface area contributed by atoms with Crippen LogP contribution in [0.2, 0.25) is 0 Å². The molecule has 1 atom stereocenters. The molecule has 1 aromatic carbocycles. The second-order valence-corrected chi connectivity index (χ2v) is 11.3. The highest BCUT2D eigenvalue weighted by molar-refractivity contribution is 6.01. The van der Waals surface area contributed by atoms with Crippen molar-refractivity contribution in [3.8, 4) is 5.75 Å². The zero-order valence-corrected chi connectivity index (χ0v) is 29.9. The number of hydrogen-bond acceptors (Lipinski definition) is 8. The van der Waals surface area contributed by atoms with Crippen LogP contribution in [0.3, 0.4) is 0 Å². The second kappa shape index (κ2) is 26.8. The van der Waals surface area contributed by atoms with Gasteiger partial charge in [-0.25, -0.2) is 0 Å². The third-order valence-electron chi connectivity index (χ3n) is 7.63. The molecule has 0 aliphatic carbocycles. The normalized spacial score (nSPS) is 14.0. The van der Waals surface area contributed by atoms with Crippen molar-refractivity contribution in [1.29, 1.82) is 0 Å². The highest BCUT2D eigenvalue weighted by atomic mass is 16.5. The Bertz CT molecular complexity index is 972. The summed E-state index contributed by atoms with van der Waals surface area (Å²) in [6.45, 7) is 29.1. The predicted molar refractivity (Wildman–Crippen MR) is 186 cm³/mol. The van der Waals surface area contributed by atoms with E-state index in [0.29, 0.717) is 63.4 Å². The van der Waals surface area contributed by atoms with Gasteiger partial charge >= 0.3 is 0 Å². The lowest BCUT2D eigenvalue weighted by Crippen LogP contribution is -2.47. The summed E-state index contributed by atoms with van der Waals surface area (Å²) in [5.41, 5.74) is 2.34. The van der Waals surface area contributed by atoms with E-state index in [0.717, 1.165) is 69.9 Å². The number of ketones is 3. The van der Waals surface area contributed by atoms with Gasteiger partial charge in [-0.15, -0.1) is 0 Å². The molecule has 8 nitrogen and oxygen atoms in total. The number of benzene rings is 1. The summed E-state index contributed by atoms with van der Waals surface area (Å²) in [6.07, 6.45) is 4.20. The van der Waals surface area contributed by atoms with Gasteiger partial charge in [-0.1, -0.05) is 60.3 Å². The highest BCUT2D eigenvalue weighted by Gasteiger charge is 2.16. The van der Waals surface area contributed by atoms with Crippen LogP contribution in [0.15, 0.2) is 24.8 Å². The fourth-order valence-electron chi connectivity index (χ4n) is 4.73. The van der Waals surface area contributed by atoms with E-state index in [4.69, 9.17) is 14.2 Å². The topological polar surface area (TPSA) is 85.4 Å². The molecule has 1 saturated heterocycles. The molecule has 0 saturated carbocycles. The summed E-state index contributed by atoms with van der Waals surface area (Å²) in [5.74, 6) is 1.33. The fraction of sp³-hybridized carbons (Fsp3) is 0.703. The molecule has 0 aromatic heterocycles. The molecule has 0 N–H and O–H groups in total. The summed E-state index contributed by atoms with van der Waals surface area (Å²) in [6, 6.07) is 5.60. The molecule has 258 valence electrons. The predicted octanol–water partition coefficient (Wildman–Crippen LogP) is 7.14. The lowest BCUT2D eigenvalue weighted by molar-refractivity contribution is -0.121. The summed E-state index contributed by atoms with van der Waals surface area (Å²) in [4.78, 5) is 39.2. The summed E-state index contributed by atoms with van der Waals surface area (Å²) in [5, 5.41) is 0. The van der Waals surface area contributed by atoms with Crippen molar-refractivity contribution in [3.63, 3.8) is 0 Å². The lowest BCUT2D eigenvalue weighted by atomic mass is 9.96. The number of hydrogen-bond donors (Lipinski definition) is 0. The van der Waals surface area contributed by atoms with Gasteiger partial charge in [-0.2, -0.15) is 0 Å². The third-order valence-corrected chi connectivity index (χ3v) is 7.63. The van der Waals surface area contributed by atoms with E-state index >= 15 is 0 Å². The van der Waals surface area contributed by atoms with Crippen molar-refractivity contribution in [3.05, 3.63) is 35.9 Å². The SMILES string of the molecule is C=C(C)c1c(OCCOCCOCCN2CCN(CC)CC2)cccc1C(=O)CCC.CC.CCCC(=O)CCC(C)C(C)=O. The van der Waals surface area contributed by atoms with Crippen LogP contribution >= 0.6 is 0 Å². The molecule has 8 heteroatoms. The number of carbonyl (C=O) groups is 3. The van der Waals surface area contributed by atoms with Crippen LogP contribution in [0.1, 0.15) is 110 Å². The lowest BCUT2D eigenvalue weighted by Gasteiger charge is -2.33. The molecule has 0 amide bonds. The first-order chi connectivity index (χ1) is 21.6. The van der Waals surface area contributed by atoms with Crippen LogP contribution in [-0.4, -0.2) is 99.5 Å². The van der Waals surface area contributed by atoms with Gasteiger partial charge in [0.15, 0.2) is 5.78 Å². The van der Waals surface area contributed by atoms with E-state index in [1.807, 2.05) is 59.7 Å². The minimum atomic E-state index is 0.0470. The van der Waals surface area contributed by atoms with Gasteiger partial charge in [0.1, 0.15) is 23.9 Å². The number of piperazine rings is 1. The molecule has 0 spiro atoms. The first-order valence-electron chi connectivity index (χ1n) is 17.2. The van der Waals surface area contributed by atoms with E-state index in [9.17, 15) is 14.4 Å². The van der Waals surface area contributed by atoms with Crippen molar-refractivity contribution >= 4 is 22.9 Å². The Hall–Kier alpha value is -2.39. The quantitative estimate of drug-likeness (QED) is 0.104. The molecule has 1 fully saturated rings. The molecule has 2 rings (SSSR count). The number of ether oxygens (including phenoxy) is 3. The van der Waals surface area contributed by atoms with Crippen LogP contribution in [-0.2, 0) is 19.1 Å². The number of Topliss-reactive ketones (excluding diaryl/α,β-unsaturated/α-hetero) is 3. The van der Waals surface area contributed by atoms with E-state index in [1.54, 1.807) is 6.92 Å². The fourth-order valence-corrected chi connectivity index (χ4v) is 4.73. The van der Waals surface area contributed by atoms with Gasteiger partial charge in [-0.3, -0.25) is 19.3 Å². The van der Waals surface area contributed by atoms with Gasteiger partial charge in [0, 0.05) is 69.0 Å². The molecule has 1 unspecified atom stereocenters. The maximum Gasteiger partial charge on any atom is 0.163 e. The maximum absolute atomic E-state index is 12.4. The minimum Gasteiger partial charge on any atom is -0.491 e. The van der Waals surface area contributed by atoms with E-state index in [2.05, 4.69) is 23.3 Å². The molecule has 1 aromatic rings. The van der Waals surface area contributed by atoms with Crippen LogP contribution in [0.5, 0.6) is 5.75 Å². The average molecular weight is 633 g/mol. The van der Waals surface area contributed by atoms with Crippen LogP contribution in [0.4, 0.5) is 0 Å². The van der Waals surface area contributed by atoms with Crippen molar-refractivity contribution in [2.75, 3.05) is 72.3 Å². The summed E-state index contributed by atoms with van der Waals surface area (Å²) in [7, 11) is 0. The molecule has 0 bridgehead atoms. The van der Waals surface area contributed by atoms with Gasteiger partial charge in [0.05, 0.1) is 26.4 Å². The monoisotopic (exact) mass is 632 g/mol. The van der Waals surface area contributed by atoms with Crippen molar-refractivity contribution < 1.29 is 28.6 Å². The first kappa shape index (κ1) is 42.6. The first-order valence-corrected chi connectivity index (χ1v) is 17.2. The van der Waals surface area contributed by atoms with E-state index in [-0.39, 0.29) is 23.3 Å². The van der Waals surface area contributed by atoms with Crippen LogP contribution in [0, 0.1) is 5.92 Å². The standard InChI is InChI=1S/C25H40N2O4.C10H18O2.C2H6/c1-5-8-23(28)22-9-7-10-24(25(22)21(3)4)31-20-19-30-18-17-29-16-15-27-13-11-26(6-2)12-14-27;1-4-5-10(12)7-6-8(2)9(3)11;1-2/h7,9-10H,3,5-6,8,11-20H2,1-2,4H3;8H,4-7H2,1-3H3;1-2H3. The zero-order chi connectivity index (χ0) is 34.0. The molecule has 1 aliphatic rings. The summed E-state index contributed by atoms with van der Waals surface area (Å²) >= 11 is 0. The Balaban J connectivity index is 0.00000116.